The second kappa shape index (κ2) is 11.8. The molecule has 0 bridgehead atoms. The molecule has 4 rings (SSSR count). The average molecular weight is 593 g/mol. The van der Waals surface area contributed by atoms with E-state index in [1.54, 1.807) is 54.6 Å². The van der Waals surface area contributed by atoms with Crippen molar-refractivity contribution in [1.29, 1.82) is 0 Å². The maximum absolute atomic E-state index is 13.1. The van der Waals surface area contributed by atoms with Gasteiger partial charge in [-0.05, 0) is 81.3 Å². The Morgan fingerprint density at radius 2 is 1.81 bits per heavy atom. The van der Waals surface area contributed by atoms with Crippen LogP contribution in [0.15, 0.2) is 70.0 Å². The van der Waals surface area contributed by atoms with Gasteiger partial charge in [-0.2, -0.15) is 0 Å². The number of halogens is 3. The summed E-state index contributed by atoms with van der Waals surface area (Å²) in [4.78, 5) is 26.7. The van der Waals surface area contributed by atoms with Gasteiger partial charge in [0.25, 0.3) is 11.1 Å². The minimum Gasteiger partial charge on any atom is -0.493 e. The van der Waals surface area contributed by atoms with Crippen molar-refractivity contribution < 1.29 is 28.2 Å². The molecule has 0 atom stereocenters. The average Bonchev–Trinajstić information content (AvgIpc) is 3.12. The van der Waals surface area contributed by atoms with E-state index in [0.29, 0.717) is 32.3 Å². The minimum absolute atomic E-state index is 0.0937. The SMILES string of the molecule is COc1cc(/C=C2\SC(=O)N(CCOc3ccccc3Cl)C2=O)cc(Br)c1OCc1ccc(F)cc1. The molecule has 1 aliphatic heterocycles. The van der Waals surface area contributed by atoms with Crippen molar-refractivity contribution in [3.63, 3.8) is 0 Å². The fourth-order valence-electron chi connectivity index (χ4n) is 3.35. The number of nitrogens with zero attached hydrogens (tertiary/aromatic N) is 1. The van der Waals surface area contributed by atoms with E-state index in [1.165, 1.54) is 19.2 Å². The highest BCUT2D eigenvalue weighted by Crippen LogP contribution is 2.39. The molecular weight excluding hydrogens is 573 g/mol. The Hall–Kier alpha value is -3.01. The number of carbonyl (C=O) groups excluding carboxylic acids is 2. The number of ether oxygens (including phenoxy) is 3. The standard InChI is InChI=1S/C26H20BrClFNO5S/c1-33-22-13-17(12-19(27)24(22)35-15-16-6-8-18(29)9-7-16)14-23-25(31)30(26(32)36-23)10-11-34-21-5-3-2-4-20(21)28/h2-9,12-14H,10-11,15H2,1H3/b23-14-. The molecule has 186 valence electrons. The van der Waals surface area contributed by atoms with E-state index in [1.807, 2.05) is 0 Å². The summed E-state index contributed by atoms with van der Waals surface area (Å²) in [5, 5.41) is 0.0791. The number of thioether (sulfide) groups is 1. The lowest BCUT2D eigenvalue weighted by atomic mass is 10.1. The van der Waals surface area contributed by atoms with E-state index in [0.717, 1.165) is 22.2 Å². The van der Waals surface area contributed by atoms with Crippen molar-refractivity contribution in [3.8, 4) is 17.2 Å². The molecule has 10 heteroatoms. The summed E-state index contributed by atoms with van der Waals surface area (Å²) in [7, 11) is 1.50. The Morgan fingerprint density at radius 1 is 1.06 bits per heavy atom. The van der Waals surface area contributed by atoms with Crippen molar-refractivity contribution in [2.75, 3.05) is 20.3 Å². The number of hydrogen-bond donors (Lipinski definition) is 0. The van der Waals surface area contributed by atoms with E-state index in [-0.39, 0.29) is 35.7 Å². The summed E-state index contributed by atoms with van der Waals surface area (Å²) in [5.41, 5.74) is 1.44. The van der Waals surface area contributed by atoms with Crippen molar-refractivity contribution >= 4 is 56.5 Å². The first-order valence-electron chi connectivity index (χ1n) is 10.7. The maximum atomic E-state index is 13.1. The third-order valence-corrected chi connectivity index (χ3v) is 6.94. The largest absolute Gasteiger partial charge is 0.493 e. The molecule has 0 spiro atoms. The highest BCUT2D eigenvalue weighted by atomic mass is 79.9. The number of methoxy groups -OCH3 is 1. The van der Waals surface area contributed by atoms with Gasteiger partial charge in [-0.25, -0.2) is 4.39 Å². The second-order valence-corrected chi connectivity index (χ2v) is 9.82. The molecule has 0 unspecified atom stereocenters. The first-order valence-corrected chi connectivity index (χ1v) is 12.7. The van der Waals surface area contributed by atoms with E-state index in [2.05, 4.69) is 15.9 Å². The van der Waals surface area contributed by atoms with E-state index in [9.17, 15) is 14.0 Å². The Kier molecular flexibility index (Phi) is 8.56. The zero-order valence-electron chi connectivity index (χ0n) is 19.0. The van der Waals surface area contributed by atoms with Gasteiger partial charge >= 0.3 is 0 Å². The van der Waals surface area contributed by atoms with Crippen LogP contribution in [-0.2, 0) is 11.4 Å². The summed E-state index contributed by atoms with van der Waals surface area (Å²) in [6, 6.07) is 16.5. The monoisotopic (exact) mass is 591 g/mol. The van der Waals surface area contributed by atoms with E-state index >= 15 is 0 Å². The van der Waals surface area contributed by atoms with Gasteiger partial charge in [0.2, 0.25) is 0 Å². The number of para-hydroxylation sites is 1. The highest BCUT2D eigenvalue weighted by Gasteiger charge is 2.35. The van der Waals surface area contributed by atoms with Gasteiger partial charge in [-0.15, -0.1) is 0 Å². The lowest BCUT2D eigenvalue weighted by Gasteiger charge is -2.14. The van der Waals surface area contributed by atoms with Crippen LogP contribution in [0.2, 0.25) is 5.02 Å². The van der Waals surface area contributed by atoms with Crippen molar-refractivity contribution in [3.05, 3.63) is 92.0 Å². The molecule has 3 aromatic carbocycles. The zero-order valence-corrected chi connectivity index (χ0v) is 22.2. The van der Waals surface area contributed by atoms with Crippen LogP contribution in [0.25, 0.3) is 6.08 Å². The molecule has 1 heterocycles. The maximum Gasteiger partial charge on any atom is 0.293 e. The molecule has 0 radical (unpaired) electrons. The first kappa shape index (κ1) is 26.1. The lowest BCUT2D eigenvalue weighted by molar-refractivity contribution is -0.123. The molecule has 3 aromatic rings. The van der Waals surface area contributed by atoms with Crippen LogP contribution in [-0.4, -0.2) is 36.3 Å². The fraction of sp³-hybridized carbons (Fsp3) is 0.154. The molecule has 6 nitrogen and oxygen atoms in total. The topological polar surface area (TPSA) is 65.1 Å². The van der Waals surface area contributed by atoms with Crippen LogP contribution < -0.4 is 14.2 Å². The normalized spacial score (nSPS) is 14.4. The Bertz CT molecular complexity index is 1320. The summed E-state index contributed by atoms with van der Waals surface area (Å²) < 4.78 is 30.7. The number of benzene rings is 3. The van der Waals surface area contributed by atoms with Gasteiger partial charge in [0.1, 0.15) is 24.8 Å². The zero-order chi connectivity index (χ0) is 25.7. The van der Waals surface area contributed by atoms with Crippen LogP contribution in [0, 0.1) is 5.82 Å². The molecule has 0 aliphatic carbocycles. The molecule has 0 saturated carbocycles. The van der Waals surface area contributed by atoms with Gasteiger partial charge in [0.15, 0.2) is 11.5 Å². The number of imide groups is 1. The number of rotatable bonds is 9. The number of carbonyl (C=O) groups is 2. The molecule has 2 amide bonds. The van der Waals surface area contributed by atoms with Gasteiger partial charge in [0, 0.05) is 0 Å². The molecule has 1 saturated heterocycles. The highest BCUT2D eigenvalue weighted by molar-refractivity contribution is 9.10. The smallest absolute Gasteiger partial charge is 0.293 e. The number of hydrogen-bond acceptors (Lipinski definition) is 6. The van der Waals surface area contributed by atoms with Crippen LogP contribution >= 0.6 is 39.3 Å². The quantitative estimate of drug-likeness (QED) is 0.251. The molecule has 36 heavy (non-hydrogen) atoms. The third kappa shape index (κ3) is 6.21. The van der Waals surface area contributed by atoms with Crippen molar-refractivity contribution in [1.82, 2.24) is 4.90 Å². The Balaban J connectivity index is 1.44. The van der Waals surface area contributed by atoms with Crippen LogP contribution in [0.5, 0.6) is 17.2 Å². The Labute approximate surface area is 225 Å². The first-order chi connectivity index (χ1) is 17.4. The fourth-order valence-corrected chi connectivity index (χ4v) is 4.98. The van der Waals surface area contributed by atoms with Crippen LogP contribution in [0.4, 0.5) is 9.18 Å². The van der Waals surface area contributed by atoms with Crippen molar-refractivity contribution in [2.24, 2.45) is 0 Å². The predicted molar refractivity (Wildman–Crippen MR) is 141 cm³/mol. The summed E-state index contributed by atoms with van der Waals surface area (Å²) in [6.07, 6.45) is 1.62. The minimum atomic E-state index is -0.403. The molecule has 0 aromatic heterocycles. The molecule has 0 N–H and O–H groups in total. The predicted octanol–water partition coefficient (Wildman–Crippen LogP) is 6.94. The van der Waals surface area contributed by atoms with E-state index < -0.39 is 5.91 Å². The van der Waals surface area contributed by atoms with Gasteiger partial charge in [0.05, 0.1) is 28.1 Å². The lowest BCUT2D eigenvalue weighted by Crippen LogP contribution is -2.32. The summed E-state index contributed by atoms with van der Waals surface area (Å²) >= 11 is 10.4. The van der Waals surface area contributed by atoms with E-state index in [4.69, 9.17) is 25.8 Å². The van der Waals surface area contributed by atoms with Gasteiger partial charge in [-0.3, -0.25) is 14.5 Å². The number of amides is 2. The van der Waals surface area contributed by atoms with Crippen molar-refractivity contribution in [2.45, 2.75) is 6.61 Å². The molecule has 1 fully saturated rings. The van der Waals surface area contributed by atoms with Gasteiger partial charge in [-0.1, -0.05) is 35.9 Å². The molecular formula is C26H20BrClFNO5S. The summed E-state index contributed by atoms with van der Waals surface area (Å²) in [6.45, 7) is 0.425. The summed E-state index contributed by atoms with van der Waals surface area (Å²) in [5.74, 6) is 0.660. The van der Waals surface area contributed by atoms with Crippen LogP contribution in [0.1, 0.15) is 11.1 Å². The van der Waals surface area contributed by atoms with Crippen LogP contribution in [0.3, 0.4) is 0 Å². The molecule has 1 aliphatic rings. The van der Waals surface area contributed by atoms with Gasteiger partial charge < -0.3 is 14.2 Å². The third-order valence-electron chi connectivity index (χ3n) is 5.13. The second-order valence-electron chi connectivity index (χ2n) is 7.56. The Morgan fingerprint density at radius 3 is 2.53 bits per heavy atom.